The molecule has 1 aliphatic rings. The van der Waals surface area contributed by atoms with Crippen molar-refractivity contribution in [2.75, 3.05) is 0 Å². The van der Waals surface area contributed by atoms with Crippen molar-refractivity contribution in [3.05, 3.63) is 45.6 Å². The third-order valence-corrected chi connectivity index (χ3v) is 5.91. The van der Waals surface area contributed by atoms with E-state index in [1.54, 1.807) is 0 Å². The van der Waals surface area contributed by atoms with Crippen LogP contribution in [0.4, 0.5) is 0 Å². The van der Waals surface area contributed by atoms with E-state index in [0.29, 0.717) is 10.9 Å². The van der Waals surface area contributed by atoms with Gasteiger partial charge >= 0.3 is 0 Å². The van der Waals surface area contributed by atoms with Crippen LogP contribution in [0.1, 0.15) is 45.0 Å². The molecule has 7 heteroatoms. The molecule has 0 atom stereocenters. The fourth-order valence-electron chi connectivity index (χ4n) is 2.82. The first-order chi connectivity index (χ1) is 12.4. The smallest absolute Gasteiger partial charge is 0.263 e. The topological polar surface area (TPSA) is 72.7 Å². The Morgan fingerprint density at radius 2 is 1.96 bits per heavy atom. The Morgan fingerprint density at radius 1 is 1.19 bits per heavy atom. The average molecular weight is 367 g/mol. The Balaban J connectivity index is 1.67. The molecule has 1 aromatic carbocycles. The van der Waals surface area contributed by atoms with E-state index in [-0.39, 0.29) is 5.91 Å². The maximum Gasteiger partial charge on any atom is 0.263 e. The standard InChI is InChI=1S/C19H21N5OS/c1-10-5-8-15(9-11(10)2)24-13(4)16(22-23-24)19-20-12(3)17(26-19)18(25)21-14-6-7-14/h5,8-9,14H,6-7H2,1-4H3,(H,21,25). The number of aromatic nitrogens is 4. The summed E-state index contributed by atoms with van der Waals surface area (Å²) in [6.07, 6.45) is 2.14. The molecule has 0 aliphatic heterocycles. The number of nitrogens with one attached hydrogen (secondary N) is 1. The SMILES string of the molecule is Cc1ccc(-n2nnc(-c3nc(C)c(C(=O)NC4CC4)s3)c2C)cc1C. The van der Waals surface area contributed by atoms with E-state index >= 15 is 0 Å². The molecular formula is C19H21N5OS. The van der Waals surface area contributed by atoms with Crippen LogP contribution in [0, 0.1) is 27.7 Å². The average Bonchev–Trinajstić information content (AvgIpc) is 3.20. The van der Waals surface area contributed by atoms with Gasteiger partial charge in [-0.05, 0) is 63.8 Å². The summed E-state index contributed by atoms with van der Waals surface area (Å²) in [4.78, 5) is 17.6. The fraction of sp³-hybridized carbons (Fsp3) is 0.368. The molecule has 1 fully saturated rings. The number of hydrogen-bond donors (Lipinski definition) is 1. The fourth-order valence-corrected chi connectivity index (χ4v) is 3.82. The Bertz CT molecular complexity index is 1000. The molecule has 0 spiro atoms. The number of benzene rings is 1. The summed E-state index contributed by atoms with van der Waals surface area (Å²) in [7, 11) is 0. The van der Waals surface area contributed by atoms with Gasteiger partial charge in [-0.2, -0.15) is 0 Å². The molecule has 1 aliphatic carbocycles. The summed E-state index contributed by atoms with van der Waals surface area (Å²) in [6.45, 7) is 8.02. The maximum absolute atomic E-state index is 12.4. The van der Waals surface area contributed by atoms with Gasteiger partial charge in [-0.15, -0.1) is 16.4 Å². The predicted octanol–water partition coefficient (Wildman–Crippen LogP) is 3.52. The molecule has 0 unspecified atom stereocenters. The minimum Gasteiger partial charge on any atom is -0.349 e. The highest BCUT2D eigenvalue weighted by atomic mass is 32.1. The molecule has 6 nitrogen and oxygen atoms in total. The molecule has 0 radical (unpaired) electrons. The molecule has 2 aromatic heterocycles. The first kappa shape index (κ1) is 16.9. The van der Waals surface area contributed by atoms with Crippen LogP contribution >= 0.6 is 11.3 Å². The van der Waals surface area contributed by atoms with Gasteiger partial charge in [0.25, 0.3) is 5.91 Å². The van der Waals surface area contributed by atoms with Crippen molar-refractivity contribution < 1.29 is 4.79 Å². The van der Waals surface area contributed by atoms with E-state index in [1.807, 2.05) is 24.6 Å². The zero-order valence-corrected chi connectivity index (χ0v) is 16.1. The highest BCUT2D eigenvalue weighted by molar-refractivity contribution is 7.17. The second kappa shape index (κ2) is 6.32. The van der Waals surface area contributed by atoms with Gasteiger partial charge in [0.2, 0.25) is 0 Å². The summed E-state index contributed by atoms with van der Waals surface area (Å²) in [5, 5.41) is 12.4. The normalized spacial score (nSPS) is 13.8. The lowest BCUT2D eigenvalue weighted by Gasteiger charge is -2.06. The predicted molar refractivity (Wildman–Crippen MR) is 102 cm³/mol. The summed E-state index contributed by atoms with van der Waals surface area (Å²) in [5.74, 6) is -0.0343. The molecular weight excluding hydrogens is 346 g/mol. The number of carbonyl (C=O) groups excluding carboxylic acids is 1. The third-order valence-electron chi connectivity index (χ3n) is 4.75. The van der Waals surface area contributed by atoms with E-state index in [1.165, 1.54) is 22.5 Å². The van der Waals surface area contributed by atoms with Crippen LogP contribution in [0.25, 0.3) is 16.4 Å². The summed E-state index contributed by atoms with van der Waals surface area (Å²) < 4.78 is 1.82. The molecule has 4 rings (SSSR count). The van der Waals surface area contributed by atoms with Crippen molar-refractivity contribution in [3.8, 4) is 16.4 Å². The minimum absolute atomic E-state index is 0.0343. The van der Waals surface area contributed by atoms with Crippen molar-refractivity contribution in [2.24, 2.45) is 0 Å². The van der Waals surface area contributed by atoms with Gasteiger partial charge in [-0.1, -0.05) is 11.3 Å². The quantitative estimate of drug-likeness (QED) is 0.766. The van der Waals surface area contributed by atoms with Gasteiger partial charge < -0.3 is 5.32 Å². The van der Waals surface area contributed by atoms with Crippen LogP contribution in [0.2, 0.25) is 0 Å². The second-order valence-corrected chi connectivity index (χ2v) is 7.88. The zero-order valence-electron chi connectivity index (χ0n) is 15.3. The molecule has 1 amide bonds. The number of nitrogens with zero attached hydrogens (tertiary/aromatic N) is 4. The van der Waals surface area contributed by atoms with E-state index in [0.717, 1.165) is 40.6 Å². The second-order valence-electron chi connectivity index (χ2n) is 6.89. The lowest BCUT2D eigenvalue weighted by atomic mass is 10.1. The lowest BCUT2D eigenvalue weighted by Crippen LogP contribution is -2.25. The molecule has 2 heterocycles. The highest BCUT2D eigenvalue weighted by Gasteiger charge is 2.27. The van der Waals surface area contributed by atoms with Gasteiger partial charge in [0.1, 0.15) is 15.6 Å². The number of hydrogen-bond acceptors (Lipinski definition) is 5. The van der Waals surface area contributed by atoms with E-state index in [9.17, 15) is 4.79 Å². The largest absolute Gasteiger partial charge is 0.349 e. The number of aryl methyl sites for hydroxylation is 3. The Kier molecular flexibility index (Phi) is 4.11. The van der Waals surface area contributed by atoms with E-state index in [4.69, 9.17) is 0 Å². The van der Waals surface area contributed by atoms with Gasteiger partial charge in [0.05, 0.1) is 17.1 Å². The molecule has 1 saturated carbocycles. The molecule has 26 heavy (non-hydrogen) atoms. The van der Waals surface area contributed by atoms with Crippen LogP contribution in [0.3, 0.4) is 0 Å². The number of thiazole rings is 1. The van der Waals surface area contributed by atoms with Gasteiger partial charge in [0.15, 0.2) is 0 Å². The molecule has 1 N–H and O–H groups in total. The summed E-state index contributed by atoms with van der Waals surface area (Å²) in [6, 6.07) is 6.55. The molecule has 134 valence electrons. The maximum atomic E-state index is 12.4. The number of amides is 1. The van der Waals surface area contributed by atoms with Crippen molar-refractivity contribution in [3.63, 3.8) is 0 Å². The van der Waals surface area contributed by atoms with Crippen molar-refractivity contribution >= 4 is 17.2 Å². The van der Waals surface area contributed by atoms with Gasteiger partial charge in [0, 0.05) is 6.04 Å². The van der Waals surface area contributed by atoms with Crippen LogP contribution in [-0.2, 0) is 0 Å². The Labute approximate surface area is 156 Å². The number of rotatable bonds is 4. The summed E-state index contributed by atoms with van der Waals surface area (Å²) >= 11 is 1.38. The van der Waals surface area contributed by atoms with Crippen LogP contribution in [0.15, 0.2) is 18.2 Å². The van der Waals surface area contributed by atoms with Crippen molar-refractivity contribution in [1.82, 2.24) is 25.3 Å². The lowest BCUT2D eigenvalue weighted by molar-refractivity contribution is 0.0954. The van der Waals surface area contributed by atoms with E-state index in [2.05, 4.69) is 46.6 Å². The van der Waals surface area contributed by atoms with Crippen molar-refractivity contribution in [1.29, 1.82) is 0 Å². The van der Waals surface area contributed by atoms with E-state index < -0.39 is 0 Å². The van der Waals surface area contributed by atoms with Crippen molar-refractivity contribution in [2.45, 2.75) is 46.6 Å². The first-order valence-electron chi connectivity index (χ1n) is 8.72. The van der Waals surface area contributed by atoms with Crippen LogP contribution in [-0.4, -0.2) is 31.9 Å². The highest BCUT2D eigenvalue weighted by Crippen LogP contribution is 2.30. The van der Waals surface area contributed by atoms with Gasteiger partial charge in [-0.3, -0.25) is 4.79 Å². The van der Waals surface area contributed by atoms with Crippen LogP contribution < -0.4 is 5.32 Å². The van der Waals surface area contributed by atoms with Gasteiger partial charge in [-0.25, -0.2) is 9.67 Å². The minimum atomic E-state index is -0.0343. The Hall–Kier alpha value is -2.54. The first-order valence-corrected chi connectivity index (χ1v) is 9.54. The van der Waals surface area contributed by atoms with Crippen LogP contribution in [0.5, 0.6) is 0 Å². The monoisotopic (exact) mass is 367 g/mol. The summed E-state index contributed by atoms with van der Waals surface area (Å²) in [5.41, 5.74) is 5.81. The zero-order chi connectivity index (χ0) is 18.4. The Morgan fingerprint density at radius 3 is 2.65 bits per heavy atom. The third kappa shape index (κ3) is 3.03. The molecule has 0 saturated heterocycles. The molecule has 0 bridgehead atoms. The number of carbonyl (C=O) groups is 1. The molecule has 3 aromatic rings.